The minimum absolute atomic E-state index is 0.0511. The van der Waals surface area contributed by atoms with Crippen molar-refractivity contribution in [2.45, 2.75) is 52.1 Å². The molecule has 0 aliphatic heterocycles. The smallest absolute Gasteiger partial charge is 0.119 e. The minimum atomic E-state index is 0.0511. The monoisotopic (exact) mass is 375 g/mol. The van der Waals surface area contributed by atoms with Crippen LogP contribution in [0.4, 0.5) is 5.69 Å². The van der Waals surface area contributed by atoms with Gasteiger partial charge in [0.1, 0.15) is 17.6 Å². The first-order valence-electron chi connectivity index (χ1n) is 9.56. The highest BCUT2D eigenvalue weighted by Gasteiger charge is 2.04. The van der Waals surface area contributed by atoms with Gasteiger partial charge >= 0.3 is 0 Å². The molecule has 0 aliphatic rings. The molecule has 26 heavy (non-hydrogen) atoms. The number of benzene rings is 2. The number of anilines is 1. The van der Waals surface area contributed by atoms with Crippen LogP contribution in [0.25, 0.3) is 0 Å². The molecule has 0 fully saturated rings. The van der Waals surface area contributed by atoms with Gasteiger partial charge in [0.05, 0.1) is 13.2 Å². The first-order chi connectivity index (χ1) is 12.7. The van der Waals surface area contributed by atoms with Gasteiger partial charge in [0.15, 0.2) is 0 Å². The zero-order valence-corrected chi connectivity index (χ0v) is 16.6. The van der Waals surface area contributed by atoms with E-state index >= 15 is 0 Å². The number of halogens is 1. The highest BCUT2D eigenvalue weighted by Crippen LogP contribution is 2.18. The van der Waals surface area contributed by atoms with Crippen LogP contribution in [0.2, 0.25) is 5.02 Å². The number of rotatable bonds is 12. The van der Waals surface area contributed by atoms with Crippen molar-refractivity contribution >= 4 is 17.3 Å². The standard InChI is InChI=1S/C22H30ClNO2/c1-3-4-5-6-7-16-25-21-14-10-20(11-15-21)24-17-18(2)26-22-12-8-19(23)9-13-22/h8-15,18,24H,3-7,16-17H2,1-2H3/t18-/m1/s1. The van der Waals surface area contributed by atoms with Gasteiger partial charge in [-0.05, 0) is 61.9 Å². The maximum atomic E-state index is 5.88. The molecule has 0 spiro atoms. The number of hydrogen-bond donors (Lipinski definition) is 1. The van der Waals surface area contributed by atoms with Crippen LogP contribution in [0.15, 0.2) is 48.5 Å². The summed E-state index contributed by atoms with van der Waals surface area (Å²) in [6.45, 7) is 5.79. The highest BCUT2D eigenvalue weighted by molar-refractivity contribution is 6.30. The number of hydrogen-bond acceptors (Lipinski definition) is 3. The molecule has 1 N–H and O–H groups in total. The predicted octanol–water partition coefficient (Wildman–Crippen LogP) is 6.57. The molecule has 0 aliphatic carbocycles. The third kappa shape index (κ3) is 8.01. The molecular weight excluding hydrogens is 346 g/mol. The fourth-order valence-corrected chi connectivity index (χ4v) is 2.74. The summed E-state index contributed by atoms with van der Waals surface area (Å²) in [6, 6.07) is 15.5. The summed E-state index contributed by atoms with van der Waals surface area (Å²) >= 11 is 5.88. The number of ether oxygens (including phenoxy) is 2. The van der Waals surface area contributed by atoms with E-state index < -0.39 is 0 Å². The first kappa shape index (κ1) is 20.4. The third-order valence-electron chi connectivity index (χ3n) is 4.12. The lowest BCUT2D eigenvalue weighted by molar-refractivity contribution is 0.235. The summed E-state index contributed by atoms with van der Waals surface area (Å²) in [5, 5.41) is 4.10. The topological polar surface area (TPSA) is 30.5 Å². The fraction of sp³-hybridized carbons (Fsp3) is 0.455. The van der Waals surface area contributed by atoms with Gasteiger partial charge in [0, 0.05) is 10.7 Å². The van der Waals surface area contributed by atoms with E-state index in [1.807, 2.05) is 55.5 Å². The summed E-state index contributed by atoms with van der Waals surface area (Å²) < 4.78 is 11.7. The van der Waals surface area contributed by atoms with Crippen molar-refractivity contribution in [2.75, 3.05) is 18.5 Å². The average Bonchev–Trinajstić information content (AvgIpc) is 2.66. The van der Waals surface area contributed by atoms with Gasteiger partial charge in [-0.15, -0.1) is 0 Å². The molecule has 0 radical (unpaired) electrons. The molecule has 4 heteroatoms. The van der Waals surface area contributed by atoms with E-state index in [-0.39, 0.29) is 6.10 Å². The van der Waals surface area contributed by atoms with Crippen molar-refractivity contribution in [3.8, 4) is 11.5 Å². The van der Waals surface area contributed by atoms with Gasteiger partial charge in [-0.25, -0.2) is 0 Å². The lowest BCUT2D eigenvalue weighted by atomic mass is 10.2. The Morgan fingerprint density at radius 3 is 2.23 bits per heavy atom. The van der Waals surface area contributed by atoms with Crippen molar-refractivity contribution < 1.29 is 9.47 Å². The van der Waals surface area contributed by atoms with Crippen LogP contribution < -0.4 is 14.8 Å². The van der Waals surface area contributed by atoms with Crippen LogP contribution in [0, 0.1) is 0 Å². The Hall–Kier alpha value is -1.87. The van der Waals surface area contributed by atoms with Crippen molar-refractivity contribution in [3.63, 3.8) is 0 Å². The molecule has 3 nitrogen and oxygen atoms in total. The molecule has 1 atom stereocenters. The Labute approximate surface area is 162 Å². The lowest BCUT2D eigenvalue weighted by Gasteiger charge is -2.16. The van der Waals surface area contributed by atoms with Crippen LogP contribution in [-0.2, 0) is 0 Å². The molecule has 2 rings (SSSR count). The second-order valence-electron chi connectivity index (χ2n) is 6.55. The summed E-state index contributed by atoms with van der Waals surface area (Å²) in [7, 11) is 0. The molecule has 0 amide bonds. The van der Waals surface area contributed by atoms with E-state index in [0.717, 1.165) is 36.8 Å². The first-order valence-corrected chi connectivity index (χ1v) is 9.94. The van der Waals surface area contributed by atoms with Gasteiger partial charge in [-0.1, -0.05) is 44.2 Å². The Bertz CT molecular complexity index is 613. The molecule has 142 valence electrons. The predicted molar refractivity (Wildman–Crippen MR) is 111 cm³/mol. The van der Waals surface area contributed by atoms with Crippen LogP contribution in [0.5, 0.6) is 11.5 Å². The Balaban J connectivity index is 1.65. The van der Waals surface area contributed by atoms with Gasteiger partial charge in [0.2, 0.25) is 0 Å². The summed E-state index contributed by atoms with van der Waals surface area (Å²) in [6.07, 6.45) is 6.33. The Kier molecular flexibility index (Phi) is 9.19. The van der Waals surface area contributed by atoms with Crippen molar-refractivity contribution in [1.82, 2.24) is 0 Å². The van der Waals surface area contributed by atoms with Crippen molar-refractivity contribution in [3.05, 3.63) is 53.6 Å². The van der Waals surface area contributed by atoms with Gasteiger partial charge < -0.3 is 14.8 Å². The number of unbranched alkanes of at least 4 members (excludes halogenated alkanes) is 4. The van der Waals surface area contributed by atoms with Crippen molar-refractivity contribution in [2.24, 2.45) is 0 Å². The zero-order chi connectivity index (χ0) is 18.6. The largest absolute Gasteiger partial charge is 0.494 e. The van der Waals surface area contributed by atoms with Crippen LogP contribution >= 0.6 is 11.6 Å². The highest BCUT2D eigenvalue weighted by atomic mass is 35.5. The molecular formula is C22H30ClNO2. The van der Waals surface area contributed by atoms with Crippen LogP contribution in [0.1, 0.15) is 46.0 Å². The van der Waals surface area contributed by atoms with Gasteiger partial charge in [0.25, 0.3) is 0 Å². The lowest BCUT2D eigenvalue weighted by Crippen LogP contribution is -2.22. The van der Waals surface area contributed by atoms with Crippen LogP contribution in [-0.4, -0.2) is 19.3 Å². The van der Waals surface area contributed by atoms with E-state index in [9.17, 15) is 0 Å². The summed E-state index contributed by atoms with van der Waals surface area (Å²) in [5.74, 6) is 1.75. The maximum Gasteiger partial charge on any atom is 0.119 e. The van der Waals surface area contributed by atoms with E-state index in [0.29, 0.717) is 5.02 Å². The number of nitrogens with one attached hydrogen (secondary N) is 1. The third-order valence-corrected chi connectivity index (χ3v) is 4.37. The normalized spacial score (nSPS) is 11.8. The second kappa shape index (κ2) is 11.7. The summed E-state index contributed by atoms with van der Waals surface area (Å²) in [5.41, 5.74) is 1.06. The zero-order valence-electron chi connectivity index (χ0n) is 15.8. The van der Waals surface area contributed by atoms with E-state index in [1.54, 1.807) is 0 Å². The SMILES string of the molecule is CCCCCCCOc1ccc(NC[C@@H](C)Oc2ccc(Cl)cc2)cc1. The van der Waals surface area contributed by atoms with E-state index in [1.165, 1.54) is 25.7 Å². The molecule has 0 bridgehead atoms. The fourth-order valence-electron chi connectivity index (χ4n) is 2.61. The second-order valence-corrected chi connectivity index (χ2v) is 6.99. The molecule has 0 saturated heterocycles. The molecule has 0 saturated carbocycles. The van der Waals surface area contributed by atoms with Gasteiger partial charge in [-0.3, -0.25) is 0 Å². The van der Waals surface area contributed by atoms with E-state index in [2.05, 4.69) is 12.2 Å². The quantitative estimate of drug-likeness (QED) is 0.425. The molecule has 2 aromatic rings. The van der Waals surface area contributed by atoms with E-state index in [4.69, 9.17) is 21.1 Å². The summed E-state index contributed by atoms with van der Waals surface area (Å²) in [4.78, 5) is 0. The maximum absolute atomic E-state index is 5.88. The van der Waals surface area contributed by atoms with Gasteiger partial charge in [-0.2, -0.15) is 0 Å². The Morgan fingerprint density at radius 1 is 0.885 bits per heavy atom. The molecule has 2 aromatic carbocycles. The van der Waals surface area contributed by atoms with Crippen LogP contribution in [0.3, 0.4) is 0 Å². The van der Waals surface area contributed by atoms with Crippen molar-refractivity contribution in [1.29, 1.82) is 0 Å². The molecule has 0 heterocycles. The average molecular weight is 376 g/mol. The Morgan fingerprint density at radius 2 is 1.54 bits per heavy atom. The minimum Gasteiger partial charge on any atom is -0.494 e. The molecule has 0 unspecified atom stereocenters. The molecule has 0 aromatic heterocycles.